The van der Waals surface area contributed by atoms with Gasteiger partial charge in [-0.25, -0.2) is 0 Å². The van der Waals surface area contributed by atoms with Gasteiger partial charge < -0.3 is 15.0 Å². The molecule has 3 fully saturated rings. The molecule has 0 saturated carbocycles. The van der Waals surface area contributed by atoms with Gasteiger partial charge in [-0.3, -0.25) is 4.79 Å². The van der Waals surface area contributed by atoms with Crippen molar-refractivity contribution in [3.8, 4) is 0 Å². The molecule has 0 aromatic heterocycles. The molecule has 3 aliphatic heterocycles. The number of piperidine rings is 1. The molecule has 3 heterocycles. The Morgan fingerprint density at radius 2 is 1.90 bits per heavy atom. The molecule has 3 atom stereocenters. The van der Waals surface area contributed by atoms with E-state index in [0.29, 0.717) is 17.9 Å². The highest BCUT2D eigenvalue weighted by molar-refractivity contribution is 5.82. The zero-order valence-electron chi connectivity index (χ0n) is 13.4. The van der Waals surface area contributed by atoms with E-state index in [4.69, 9.17) is 4.74 Å². The van der Waals surface area contributed by atoms with Crippen LogP contribution in [-0.2, 0) is 9.53 Å². The van der Waals surface area contributed by atoms with Crippen LogP contribution in [0.25, 0.3) is 0 Å². The van der Waals surface area contributed by atoms with Crippen LogP contribution >= 0.6 is 0 Å². The maximum Gasteiger partial charge on any atom is 0.252 e. The molecule has 0 radical (unpaired) electrons. The number of ether oxygens (including phenoxy) is 1. The van der Waals surface area contributed by atoms with Crippen molar-refractivity contribution in [1.29, 1.82) is 0 Å². The van der Waals surface area contributed by atoms with Gasteiger partial charge in [-0.1, -0.05) is 19.8 Å². The molecule has 0 aliphatic carbocycles. The lowest BCUT2D eigenvalue weighted by Gasteiger charge is -2.39. The van der Waals surface area contributed by atoms with Gasteiger partial charge in [0.25, 0.3) is 5.91 Å². The molecule has 0 aromatic rings. The molecule has 21 heavy (non-hydrogen) atoms. The molecular weight excluding hydrogens is 264 g/mol. The summed E-state index contributed by atoms with van der Waals surface area (Å²) in [4.78, 5) is 15.2. The predicted octanol–water partition coefficient (Wildman–Crippen LogP) is 2.18. The maximum atomic E-state index is 13.0. The van der Waals surface area contributed by atoms with E-state index in [1.165, 1.54) is 32.1 Å². The second-order valence-corrected chi connectivity index (χ2v) is 7.09. The Labute approximate surface area is 128 Å². The van der Waals surface area contributed by atoms with Crippen LogP contribution in [-0.4, -0.2) is 49.2 Å². The number of carbonyl (C=O) groups excluding carboxylic acids is 1. The van der Waals surface area contributed by atoms with Crippen LogP contribution in [0.5, 0.6) is 0 Å². The summed E-state index contributed by atoms with van der Waals surface area (Å²) in [5.74, 6) is 1.35. The Balaban J connectivity index is 1.72. The number of hydrogen-bond acceptors (Lipinski definition) is 3. The summed E-state index contributed by atoms with van der Waals surface area (Å²) < 4.78 is 5.75. The Hall–Kier alpha value is -0.610. The van der Waals surface area contributed by atoms with Gasteiger partial charge >= 0.3 is 0 Å². The fourth-order valence-electron chi connectivity index (χ4n) is 4.30. The van der Waals surface area contributed by atoms with Crippen molar-refractivity contribution < 1.29 is 9.53 Å². The van der Waals surface area contributed by atoms with Crippen LogP contribution in [0.1, 0.15) is 51.9 Å². The summed E-state index contributed by atoms with van der Waals surface area (Å²) in [5, 5.41) is 3.45. The van der Waals surface area contributed by atoms with Crippen molar-refractivity contribution in [3.05, 3.63) is 0 Å². The molecule has 1 amide bonds. The van der Waals surface area contributed by atoms with Gasteiger partial charge in [-0.05, 0) is 57.0 Å². The number of carbonyl (C=O) groups is 1. The minimum atomic E-state index is -0.174. The van der Waals surface area contributed by atoms with E-state index in [-0.39, 0.29) is 12.0 Å². The molecule has 4 nitrogen and oxygen atoms in total. The van der Waals surface area contributed by atoms with Crippen molar-refractivity contribution >= 4 is 5.91 Å². The van der Waals surface area contributed by atoms with Crippen LogP contribution in [0.3, 0.4) is 0 Å². The largest absolute Gasteiger partial charge is 0.368 e. The fraction of sp³-hybridized carbons (Fsp3) is 0.941. The fourth-order valence-corrected chi connectivity index (χ4v) is 4.30. The molecule has 3 aliphatic rings. The number of nitrogens with one attached hydrogen (secondary N) is 1. The third-order valence-corrected chi connectivity index (χ3v) is 5.64. The maximum absolute atomic E-state index is 13.0. The lowest BCUT2D eigenvalue weighted by atomic mass is 9.86. The van der Waals surface area contributed by atoms with E-state index in [1.807, 2.05) is 0 Å². The molecule has 3 unspecified atom stereocenters. The highest BCUT2D eigenvalue weighted by Crippen LogP contribution is 2.31. The van der Waals surface area contributed by atoms with E-state index >= 15 is 0 Å². The third-order valence-electron chi connectivity index (χ3n) is 5.64. The minimum absolute atomic E-state index is 0.174. The topological polar surface area (TPSA) is 41.6 Å². The molecule has 1 N–H and O–H groups in total. The van der Waals surface area contributed by atoms with Crippen LogP contribution in [0.15, 0.2) is 0 Å². The lowest BCUT2D eigenvalue weighted by Crippen LogP contribution is -2.51. The van der Waals surface area contributed by atoms with E-state index < -0.39 is 0 Å². The van der Waals surface area contributed by atoms with Gasteiger partial charge in [-0.2, -0.15) is 0 Å². The minimum Gasteiger partial charge on any atom is -0.368 e. The lowest BCUT2D eigenvalue weighted by molar-refractivity contribution is -0.146. The summed E-state index contributed by atoms with van der Waals surface area (Å²) in [7, 11) is 0. The SMILES string of the molecule is CC1CCOC1C(=O)N1CCCCCC1C1CCNCC1. The molecule has 4 heteroatoms. The summed E-state index contributed by atoms with van der Waals surface area (Å²) in [6.07, 6.45) is 8.19. The molecule has 0 spiro atoms. The average Bonchev–Trinajstić information content (AvgIpc) is 2.80. The molecule has 3 rings (SSSR count). The first-order chi connectivity index (χ1) is 10.3. The normalized spacial score (nSPS) is 35.7. The molecular formula is C17H30N2O2. The quantitative estimate of drug-likeness (QED) is 0.849. The van der Waals surface area contributed by atoms with E-state index in [2.05, 4.69) is 17.1 Å². The van der Waals surface area contributed by atoms with Crippen LogP contribution < -0.4 is 5.32 Å². The van der Waals surface area contributed by atoms with E-state index in [1.54, 1.807) is 0 Å². The van der Waals surface area contributed by atoms with Gasteiger partial charge in [0.15, 0.2) is 0 Å². The van der Waals surface area contributed by atoms with Crippen LogP contribution in [0.2, 0.25) is 0 Å². The average molecular weight is 294 g/mol. The Morgan fingerprint density at radius 1 is 1.10 bits per heavy atom. The monoisotopic (exact) mass is 294 g/mol. The third kappa shape index (κ3) is 3.42. The summed E-state index contributed by atoms with van der Waals surface area (Å²) in [5.41, 5.74) is 0. The first kappa shape index (κ1) is 15.3. The highest BCUT2D eigenvalue weighted by Gasteiger charge is 2.39. The van der Waals surface area contributed by atoms with Gasteiger partial charge in [0.05, 0.1) is 0 Å². The van der Waals surface area contributed by atoms with Crippen molar-refractivity contribution in [2.24, 2.45) is 11.8 Å². The van der Waals surface area contributed by atoms with Crippen LogP contribution in [0, 0.1) is 11.8 Å². The van der Waals surface area contributed by atoms with Crippen LogP contribution in [0.4, 0.5) is 0 Å². The Kier molecular flexibility index (Phi) is 5.17. The molecule has 120 valence electrons. The summed E-state index contributed by atoms with van der Waals surface area (Å²) in [6.45, 7) is 6.08. The highest BCUT2D eigenvalue weighted by atomic mass is 16.5. The first-order valence-electron chi connectivity index (χ1n) is 8.90. The predicted molar refractivity (Wildman–Crippen MR) is 83.1 cm³/mol. The van der Waals surface area contributed by atoms with E-state index in [9.17, 15) is 4.79 Å². The van der Waals surface area contributed by atoms with Gasteiger partial charge in [0, 0.05) is 19.2 Å². The number of rotatable bonds is 2. The zero-order chi connectivity index (χ0) is 14.7. The number of nitrogens with zero attached hydrogens (tertiary/aromatic N) is 1. The standard InChI is InChI=1S/C17H30N2O2/c1-13-8-12-21-16(13)17(20)19-11-4-2-3-5-15(19)14-6-9-18-10-7-14/h13-16,18H,2-12H2,1H3. The van der Waals surface area contributed by atoms with Gasteiger partial charge in [0.1, 0.15) is 6.10 Å². The van der Waals surface area contributed by atoms with Crippen molar-refractivity contribution in [1.82, 2.24) is 10.2 Å². The van der Waals surface area contributed by atoms with E-state index in [0.717, 1.165) is 39.1 Å². The Morgan fingerprint density at radius 3 is 2.62 bits per heavy atom. The summed E-state index contributed by atoms with van der Waals surface area (Å²) >= 11 is 0. The zero-order valence-corrected chi connectivity index (χ0v) is 13.4. The van der Waals surface area contributed by atoms with Crippen molar-refractivity contribution in [3.63, 3.8) is 0 Å². The molecule has 3 saturated heterocycles. The number of likely N-dealkylation sites (tertiary alicyclic amines) is 1. The Bertz CT molecular complexity index is 355. The smallest absolute Gasteiger partial charge is 0.252 e. The number of amides is 1. The molecule has 0 bridgehead atoms. The summed E-state index contributed by atoms with van der Waals surface area (Å²) in [6, 6.07) is 0.457. The number of hydrogen-bond donors (Lipinski definition) is 1. The second-order valence-electron chi connectivity index (χ2n) is 7.09. The van der Waals surface area contributed by atoms with Gasteiger partial charge in [-0.15, -0.1) is 0 Å². The first-order valence-corrected chi connectivity index (χ1v) is 8.90. The second kappa shape index (κ2) is 7.10. The van der Waals surface area contributed by atoms with Crippen molar-refractivity contribution in [2.45, 2.75) is 64.0 Å². The van der Waals surface area contributed by atoms with Gasteiger partial charge in [0.2, 0.25) is 0 Å². The molecule has 0 aromatic carbocycles. The van der Waals surface area contributed by atoms with Crippen molar-refractivity contribution in [2.75, 3.05) is 26.2 Å².